The highest BCUT2D eigenvalue weighted by atomic mass is 16.5. The molecule has 1 fully saturated rings. The van der Waals surface area contributed by atoms with Crippen LogP contribution < -0.4 is 20.6 Å². The van der Waals surface area contributed by atoms with E-state index in [1.54, 1.807) is 18.1 Å². The Hall–Kier alpha value is -2.63. The first-order valence-corrected chi connectivity index (χ1v) is 11.5. The summed E-state index contributed by atoms with van der Waals surface area (Å²) in [5.41, 5.74) is 4.03. The number of likely N-dealkylation sites (tertiary alicyclic amines) is 1. The Morgan fingerprint density at radius 3 is 2.55 bits per heavy atom. The van der Waals surface area contributed by atoms with Gasteiger partial charge in [0.2, 0.25) is 0 Å². The summed E-state index contributed by atoms with van der Waals surface area (Å²) in [7, 11) is 1.71. The lowest BCUT2D eigenvalue weighted by atomic mass is 10.0. The summed E-state index contributed by atoms with van der Waals surface area (Å²) in [6.07, 6.45) is 4.87. The first kappa shape index (κ1) is 21.6. The molecule has 1 aliphatic heterocycles. The fraction of sp³-hybridized carbons (Fsp3) is 0.423. The first-order chi connectivity index (χ1) is 15.2. The number of nitrogens with one attached hydrogen (secondary N) is 1. The average Bonchev–Trinajstić information content (AvgIpc) is 2.82. The number of fused-ring (bicyclic) bond motifs is 1. The van der Waals surface area contributed by atoms with Gasteiger partial charge in [0.1, 0.15) is 24.4 Å². The van der Waals surface area contributed by atoms with E-state index in [2.05, 4.69) is 48.6 Å². The second kappa shape index (κ2) is 10.1. The van der Waals surface area contributed by atoms with Crippen molar-refractivity contribution in [2.45, 2.75) is 45.2 Å². The molecule has 1 aliphatic rings. The largest absolute Gasteiger partial charge is 0.497 e. The SMILES string of the molecule is CCc1ccc2c(C[NH2+]C[C@@H](c3ccc(OC)cc3)[NH+]3CCCCC3)cc(=O)oc2c1. The second-order valence-electron chi connectivity index (χ2n) is 8.55. The van der Waals surface area contributed by atoms with E-state index in [0.29, 0.717) is 11.6 Å². The molecule has 1 atom stereocenters. The maximum Gasteiger partial charge on any atom is 0.336 e. The van der Waals surface area contributed by atoms with E-state index in [9.17, 15) is 4.79 Å². The molecule has 0 aliphatic carbocycles. The maximum absolute atomic E-state index is 12.1. The van der Waals surface area contributed by atoms with Crippen LogP contribution in [-0.2, 0) is 13.0 Å². The van der Waals surface area contributed by atoms with E-state index in [1.807, 2.05) is 6.07 Å². The number of nitrogens with two attached hydrogens (primary N) is 1. The Morgan fingerprint density at radius 2 is 1.84 bits per heavy atom. The van der Waals surface area contributed by atoms with E-state index in [4.69, 9.17) is 9.15 Å². The standard InChI is InChI=1S/C26H32N2O3/c1-3-19-7-12-23-21(16-26(29)31-25(23)15-19)17-27-18-24(28-13-5-4-6-14-28)20-8-10-22(30-2)11-9-20/h7-12,15-16,24,27H,3-6,13-14,17-18H2,1-2H3/p+2/t24-/m0/s1. The summed E-state index contributed by atoms with van der Waals surface area (Å²) in [5.74, 6) is 0.897. The fourth-order valence-electron chi connectivity index (χ4n) is 4.80. The molecular formula is C26H34N2O3+2. The summed E-state index contributed by atoms with van der Waals surface area (Å²) >= 11 is 0. The molecule has 164 valence electrons. The van der Waals surface area contributed by atoms with Crippen molar-refractivity contribution in [3.63, 3.8) is 0 Å². The van der Waals surface area contributed by atoms with Crippen molar-refractivity contribution in [2.24, 2.45) is 0 Å². The summed E-state index contributed by atoms with van der Waals surface area (Å²) in [6, 6.07) is 16.8. The van der Waals surface area contributed by atoms with Crippen LogP contribution in [0.25, 0.3) is 11.0 Å². The Bertz CT molecular complexity index is 1050. The molecule has 2 aromatic carbocycles. The van der Waals surface area contributed by atoms with Gasteiger partial charge in [-0.15, -0.1) is 0 Å². The van der Waals surface area contributed by atoms with Crippen molar-refractivity contribution in [3.8, 4) is 5.75 Å². The molecule has 0 bridgehead atoms. The van der Waals surface area contributed by atoms with Gasteiger partial charge in [-0.2, -0.15) is 0 Å². The van der Waals surface area contributed by atoms with Crippen LogP contribution in [0, 0.1) is 0 Å². The van der Waals surface area contributed by atoms with Gasteiger partial charge >= 0.3 is 5.63 Å². The number of hydrogen-bond donors (Lipinski definition) is 2. The van der Waals surface area contributed by atoms with Gasteiger partial charge in [-0.1, -0.05) is 19.1 Å². The Kier molecular flexibility index (Phi) is 7.05. The van der Waals surface area contributed by atoms with E-state index in [1.165, 1.54) is 43.5 Å². The Labute approximate surface area is 184 Å². The van der Waals surface area contributed by atoms with Crippen LogP contribution in [0.15, 0.2) is 57.7 Å². The predicted octanol–water partition coefficient (Wildman–Crippen LogP) is 2.24. The summed E-state index contributed by atoms with van der Waals surface area (Å²) in [6.45, 7) is 6.31. The van der Waals surface area contributed by atoms with Gasteiger partial charge in [0.25, 0.3) is 0 Å². The summed E-state index contributed by atoms with van der Waals surface area (Å²) in [4.78, 5) is 13.8. The number of hydrogen-bond acceptors (Lipinski definition) is 3. The zero-order chi connectivity index (χ0) is 21.6. The second-order valence-corrected chi connectivity index (χ2v) is 8.55. The molecule has 4 rings (SSSR count). The molecule has 3 N–H and O–H groups in total. The van der Waals surface area contributed by atoms with Gasteiger partial charge in [-0.25, -0.2) is 4.79 Å². The molecule has 0 spiro atoms. The quantitative estimate of drug-likeness (QED) is 0.548. The Balaban J connectivity index is 1.52. The molecule has 3 aromatic rings. The highest BCUT2D eigenvalue weighted by Gasteiger charge is 2.27. The third-order valence-electron chi connectivity index (χ3n) is 6.58. The minimum Gasteiger partial charge on any atom is -0.497 e. The Morgan fingerprint density at radius 1 is 1.06 bits per heavy atom. The lowest BCUT2D eigenvalue weighted by molar-refractivity contribution is -0.950. The molecule has 0 radical (unpaired) electrons. The molecule has 0 amide bonds. The highest BCUT2D eigenvalue weighted by molar-refractivity contribution is 5.80. The molecule has 2 heterocycles. The van der Waals surface area contributed by atoms with Gasteiger partial charge in [-0.05, 0) is 61.6 Å². The summed E-state index contributed by atoms with van der Waals surface area (Å²) < 4.78 is 10.8. The predicted molar refractivity (Wildman–Crippen MR) is 123 cm³/mol. The molecule has 5 heteroatoms. The third-order valence-corrected chi connectivity index (χ3v) is 6.58. The van der Waals surface area contributed by atoms with Crippen molar-refractivity contribution < 1.29 is 19.4 Å². The number of methoxy groups -OCH3 is 1. The van der Waals surface area contributed by atoms with Gasteiger partial charge in [0.05, 0.1) is 20.2 Å². The van der Waals surface area contributed by atoms with Crippen LogP contribution in [0.1, 0.15) is 48.9 Å². The molecule has 1 saturated heterocycles. The van der Waals surface area contributed by atoms with Crippen molar-refractivity contribution >= 4 is 11.0 Å². The van der Waals surface area contributed by atoms with Crippen LogP contribution in [0.5, 0.6) is 5.75 Å². The smallest absolute Gasteiger partial charge is 0.336 e. The molecule has 0 saturated carbocycles. The zero-order valence-corrected chi connectivity index (χ0v) is 18.7. The molecule has 0 unspecified atom stereocenters. The first-order valence-electron chi connectivity index (χ1n) is 11.5. The number of ether oxygens (including phenoxy) is 1. The minimum atomic E-state index is -0.266. The van der Waals surface area contributed by atoms with Crippen molar-refractivity contribution in [3.05, 3.63) is 75.6 Å². The molecule has 31 heavy (non-hydrogen) atoms. The van der Waals surface area contributed by atoms with E-state index < -0.39 is 0 Å². The highest BCUT2D eigenvalue weighted by Crippen LogP contribution is 2.19. The maximum atomic E-state index is 12.1. The van der Waals surface area contributed by atoms with Crippen LogP contribution in [0.3, 0.4) is 0 Å². The van der Waals surface area contributed by atoms with Gasteiger partial charge in [0, 0.05) is 22.6 Å². The van der Waals surface area contributed by atoms with Crippen molar-refractivity contribution in [2.75, 3.05) is 26.7 Å². The average molecular weight is 423 g/mol. The van der Waals surface area contributed by atoms with Gasteiger partial charge in [-0.3, -0.25) is 0 Å². The van der Waals surface area contributed by atoms with Gasteiger partial charge < -0.3 is 19.4 Å². The number of rotatable bonds is 8. The molecule has 5 nitrogen and oxygen atoms in total. The lowest BCUT2D eigenvalue weighted by Crippen LogP contribution is -3.15. The van der Waals surface area contributed by atoms with Crippen molar-refractivity contribution in [1.29, 1.82) is 0 Å². The van der Waals surface area contributed by atoms with Crippen LogP contribution in [0.2, 0.25) is 0 Å². The van der Waals surface area contributed by atoms with E-state index in [0.717, 1.165) is 36.2 Å². The normalized spacial score (nSPS) is 15.8. The molecular weight excluding hydrogens is 388 g/mol. The topological polar surface area (TPSA) is 60.5 Å². The number of benzene rings is 2. The van der Waals surface area contributed by atoms with Gasteiger partial charge in [0.15, 0.2) is 6.04 Å². The van der Waals surface area contributed by atoms with Crippen LogP contribution in [-0.4, -0.2) is 26.7 Å². The number of quaternary nitrogens is 2. The summed E-state index contributed by atoms with van der Waals surface area (Å²) in [5, 5.41) is 3.39. The fourth-order valence-corrected chi connectivity index (χ4v) is 4.80. The van der Waals surface area contributed by atoms with Crippen LogP contribution in [0.4, 0.5) is 0 Å². The van der Waals surface area contributed by atoms with E-state index in [-0.39, 0.29) is 5.63 Å². The lowest BCUT2D eigenvalue weighted by Gasteiger charge is -2.31. The monoisotopic (exact) mass is 422 g/mol. The third kappa shape index (κ3) is 5.17. The van der Waals surface area contributed by atoms with Crippen LogP contribution >= 0.6 is 0 Å². The van der Waals surface area contributed by atoms with E-state index >= 15 is 0 Å². The van der Waals surface area contributed by atoms with Crippen molar-refractivity contribution in [1.82, 2.24) is 0 Å². The molecule has 1 aromatic heterocycles. The number of aryl methyl sites for hydroxylation is 1. The minimum absolute atomic E-state index is 0.266. The number of piperidine rings is 1. The zero-order valence-electron chi connectivity index (χ0n) is 18.7.